The van der Waals surface area contributed by atoms with E-state index in [0.717, 1.165) is 11.3 Å². The lowest BCUT2D eigenvalue weighted by Gasteiger charge is -2.15. The molecule has 1 heterocycles. The lowest BCUT2D eigenvalue weighted by atomic mass is 10.1. The fourth-order valence-electron chi connectivity index (χ4n) is 2.38. The van der Waals surface area contributed by atoms with Crippen LogP contribution in [0.5, 0.6) is 17.2 Å². The van der Waals surface area contributed by atoms with E-state index in [4.69, 9.17) is 14.2 Å². The van der Waals surface area contributed by atoms with Crippen LogP contribution in [0.4, 0.5) is 0 Å². The summed E-state index contributed by atoms with van der Waals surface area (Å²) in [5.41, 5.74) is 1.91. The largest absolute Gasteiger partial charge is 0.496 e. The van der Waals surface area contributed by atoms with Crippen LogP contribution in [0.15, 0.2) is 16.6 Å². The van der Waals surface area contributed by atoms with Gasteiger partial charge >= 0.3 is 0 Å². The van der Waals surface area contributed by atoms with Crippen LogP contribution in [-0.2, 0) is 6.54 Å². The minimum absolute atomic E-state index is 0.227. The maximum absolute atomic E-state index is 12.5. The molecule has 8 heteroatoms. The molecule has 0 radical (unpaired) electrons. The Morgan fingerprint density at radius 1 is 1.20 bits per heavy atom. The van der Waals surface area contributed by atoms with Gasteiger partial charge in [0.15, 0.2) is 5.69 Å². The molecule has 2 rings (SSSR count). The topological polar surface area (TPSA) is 85.5 Å². The maximum atomic E-state index is 12.5. The summed E-state index contributed by atoms with van der Waals surface area (Å²) in [4.78, 5) is 12.5. The van der Waals surface area contributed by atoms with E-state index >= 15 is 0 Å². The Morgan fingerprint density at radius 3 is 2.24 bits per heavy atom. The molecular weight excluding hydrogens is 390 g/mol. The van der Waals surface area contributed by atoms with Gasteiger partial charge in [0, 0.05) is 12.1 Å². The number of hydrogen-bond acceptors (Lipinski definition) is 5. The van der Waals surface area contributed by atoms with E-state index in [0.29, 0.717) is 27.4 Å². The summed E-state index contributed by atoms with van der Waals surface area (Å²) in [5.74, 6) is 1.68. The van der Waals surface area contributed by atoms with Crippen LogP contribution in [-0.4, -0.2) is 37.4 Å². The van der Waals surface area contributed by atoms with Crippen molar-refractivity contribution in [2.45, 2.75) is 26.3 Å². The van der Waals surface area contributed by atoms with Crippen LogP contribution in [0.1, 0.15) is 41.5 Å². The number of H-pyrrole nitrogens is 1. The highest BCUT2D eigenvalue weighted by atomic mass is 79.9. The molecule has 25 heavy (non-hydrogen) atoms. The van der Waals surface area contributed by atoms with Crippen LogP contribution in [0.25, 0.3) is 0 Å². The van der Waals surface area contributed by atoms with Gasteiger partial charge in [0.2, 0.25) is 0 Å². The minimum Gasteiger partial charge on any atom is -0.496 e. The van der Waals surface area contributed by atoms with Gasteiger partial charge in [-0.2, -0.15) is 5.10 Å². The zero-order valence-corrected chi connectivity index (χ0v) is 16.5. The SMILES string of the molecule is COc1cc(OC)c(CNC(=O)c2n[nH]c(C(C)C)c2Br)c(OC)c1. The van der Waals surface area contributed by atoms with Crippen molar-refractivity contribution in [3.8, 4) is 17.2 Å². The molecule has 0 aliphatic carbocycles. The maximum Gasteiger partial charge on any atom is 0.273 e. The molecule has 136 valence electrons. The second kappa shape index (κ2) is 8.24. The highest BCUT2D eigenvalue weighted by Crippen LogP contribution is 2.34. The number of amides is 1. The summed E-state index contributed by atoms with van der Waals surface area (Å²) in [7, 11) is 4.68. The van der Waals surface area contributed by atoms with Gasteiger partial charge in [0.1, 0.15) is 17.2 Å². The number of carbonyl (C=O) groups excluding carboxylic acids is 1. The molecule has 0 aliphatic rings. The van der Waals surface area contributed by atoms with Crippen molar-refractivity contribution in [3.63, 3.8) is 0 Å². The number of benzene rings is 1. The van der Waals surface area contributed by atoms with Gasteiger partial charge in [-0.1, -0.05) is 13.8 Å². The minimum atomic E-state index is -0.296. The van der Waals surface area contributed by atoms with E-state index in [-0.39, 0.29) is 18.4 Å². The van der Waals surface area contributed by atoms with Crippen molar-refractivity contribution in [1.82, 2.24) is 15.5 Å². The molecule has 0 fully saturated rings. The van der Waals surface area contributed by atoms with Crippen molar-refractivity contribution < 1.29 is 19.0 Å². The van der Waals surface area contributed by atoms with Gasteiger partial charge in [0.05, 0.1) is 43.6 Å². The quantitative estimate of drug-likeness (QED) is 0.729. The number of halogens is 1. The van der Waals surface area contributed by atoms with Gasteiger partial charge in [-0.3, -0.25) is 9.89 Å². The molecule has 0 spiro atoms. The van der Waals surface area contributed by atoms with E-state index in [9.17, 15) is 4.79 Å². The lowest BCUT2D eigenvalue weighted by molar-refractivity contribution is 0.0944. The Balaban J connectivity index is 2.22. The summed E-state index contributed by atoms with van der Waals surface area (Å²) in [6.07, 6.45) is 0. The monoisotopic (exact) mass is 411 g/mol. The highest BCUT2D eigenvalue weighted by molar-refractivity contribution is 9.10. The molecular formula is C17H22BrN3O4. The number of hydrogen-bond donors (Lipinski definition) is 2. The average molecular weight is 412 g/mol. The van der Waals surface area contributed by atoms with E-state index in [1.54, 1.807) is 33.5 Å². The summed E-state index contributed by atoms with van der Waals surface area (Å²) in [6.45, 7) is 4.27. The molecule has 0 unspecified atom stereocenters. The fraction of sp³-hybridized carbons (Fsp3) is 0.412. The third kappa shape index (κ3) is 4.07. The molecule has 0 atom stereocenters. The summed E-state index contributed by atoms with van der Waals surface area (Å²) in [5, 5.41) is 9.83. The molecule has 1 aromatic carbocycles. The van der Waals surface area contributed by atoms with Crippen LogP contribution in [0.2, 0.25) is 0 Å². The zero-order chi connectivity index (χ0) is 18.6. The Labute approximate surface area is 155 Å². The summed E-state index contributed by atoms with van der Waals surface area (Å²) in [6, 6.07) is 3.48. The predicted molar refractivity (Wildman–Crippen MR) is 97.6 cm³/mol. The van der Waals surface area contributed by atoms with Gasteiger partial charge in [-0.05, 0) is 21.8 Å². The third-order valence-corrected chi connectivity index (χ3v) is 4.57. The summed E-state index contributed by atoms with van der Waals surface area (Å²) >= 11 is 3.43. The van der Waals surface area contributed by atoms with Crippen molar-refractivity contribution in [2.24, 2.45) is 0 Å². The number of aromatic amines is 1. The fourth-order valence-corrected chi connectivity index (χ4v) is 3.19. The van der Waals surface area contributed by atoms with E-state index in [2.05, 4.69) is 31.4 Å². The first-order valence-corrected chi connectivity index (χ1v) is 8.53. The van der Waals surface area contributed by atoms with Crippen molar-refractivity contribution in [2.75, 3.05) is 21.3 Å². The second-order valence-corrected chi connectivity index (χ2v) is 6.44. The van der Waals surface area contributed by atoms with Crippen LogP contribution >= 0.6 is 15.9 Å². The Morgan fingerprint density at radius 2 is 1.80 bits per heavy atom. The summed E-state index contributed by atoms with van der Waals surface area (Å²) < 4.78 is 16.7. The van der Waals surface area contributed by atoms with E-state index < -0.39 is 0 Å². The third-order valence-electron chi connectivity index (χ3n) is 3.77. The van der Waals surface area contributed by atoms with Crippen LogP contribution in [0, 0.1) is 0 Å². The smallest absolute Gasteiger partial charge is 0.273 e. The number of ether oxygens (including phenoxy) is 3. The predicted octanol–water partition coefficient (Wildman–Crippen LogP) is 3.25. The normalized spacial score (nSPS) is 10.7. The Bertz CT molecular complexity index is 733. The second-order valence-electron chi connectivity index (χ2n) is 5.65. The first-order chi connectivity index (χ1) is 11.9. The van der Waals surface area contributed by atoms with Gasteiger partial charge in [-0.15, -0.1) is 0 Å². The first kappa shape index (κ1) is 19.1. The van der Waals surface area contributed by atoms with Gasteiger partial charge < -0.3 is 19.5 Å². The highest BCUT2D eigenvalue weighted by Gasteiger charge is 2.20. The molecule has 1 amide bonds. The number of carbonyl (C=O) groups is 1. The molecule has 0 bridgehead atoms. The van der Waals surface area contributed by atoms with Gasteiger partial charge in [0.25, 0.3) is 5.91 Å². The van der Waals surface area contributed by atoms with E-state index in [1.165, 1.54) is 0 Å². The van der Waals surface area contributed by atoms with Crippen molar-refractivity contribution in [3.05, 3.63) is 33.6 Å². The average Bonchev–Trinajstić information content (AvgIpc) is 3.00. The molecule has 7 nitrogen and oxygen atoms in total. The van der Waals surface area contributed by atoms with Crippen LogP contribution < -0.4 is 19.5 Å². The first-order valence-electron chi connectivity index (χ1n) is 7.73. The van der Waals surface area contributed by atoms with Crippen molar-refractivity contribution >= 4 is 21.8 Å². The number of aromatic nitrogens is 2. The molecule has 0 saturated heterocycles. The number of nitrogens with zero attached hydrogens (tertiary/aromatic N) is 1. The number of nitrogens with one attached hydrogen (secondary N) is 2. The number of methoxy groups -OCH3 is 3. The van der Waals surface area contributed by atoms with E-state index in [1.807, 2.05) is 13.8 Å². The standard InChI is InChI=1S/C17H22BrN3O4/c1-9(2)15-14(18)16(21-20-15)17(22)19-8-11-12(24-4)6-10(23-3)7-13(11)25-5/h6-7,9H,8H2,1-5H3,(H,19,22)(H,20,21). The van der Waals surface area contributed by atoms with Crippen LogP contribution in [0.3, 0.4) is 0 Å². The number of rotatable bonds is 7. The lowest BCUT2D eigenvalue weighted by Crippen LogP contribution is -2.24. The van der Waals surface area contributed by atoms with Crippen molar-refractivity contribution in [1.29, 1.82) is 0 Å². The molecule has 0 aliphatic heterocycles. The molecule has 0 saturated carbocycles. The Kier molecular flexibility index (Phi) is 6.30. The molecule has 2 N–H and O–H groups in total. The Hall–Kier alpha value is -2.22. The molecule has 2 aromatic rings. The molecule has 1 aromatic heterocycles. The van der Waals surface area contributed by atoms with Gasteiger partial charge in [-0.25, -0.2) is 0 Å². The zero-order valence-electron chi connectivity index (χ0n) is 14.9.